The summed E-state index contributed by atoms with van der Waals surface area (Å²) in [5.41, 5.74) is 2.07. The number of carbonyl (C=O) groups excluding carboxylic acids is 3. The van der Waals surface area contributed by atoms with Gasteiger partial charge in [-0.15, -0.1) is 11.8 Å². The van der Waals surface area contributed by atoms with Crippen molar-refractivity contribution in [3.05, 3.63) is 49.9 Å². The smallest absolute Gasteiger partial charge is 0.357 e. The van der Waals surface area contributed by atoms with Gasteiger partial charge in [0.2, 0.25) is 5.91 Å². The van der Waals surface area contributed by atoms with E-state index in [4.69, 9.17) is 9.94 Å². The molecule has 3 rings (SSSR count). The summed E-state index contributed by atoms with van der Waals surface area (Å²) in [7, 11) is 0. The zero-order chi connectivity index (χ0) is 19.6. The van der Waals surface area contributed by atoms with E-state index in [1.165, 1.54) is 46.4 Å². The molecular formula is C15H13N3O7S2. The number of esters is 1. The summed E-state index contributed by atoms with van der Waals surface area (Å²) in [5.74, 6) is -1.68. The Bertz CT molecular complexity index is 840. The minimum absolute atomic E-state index is 0.0742. The van der Waals surface area contributed by atoms with Crippen LogP contribution in [0.5, 0.6) is 0 Å². The fourth-order valence-corrected chi connectivity index (χ4v) is 4.93. The average Bonchev–Trinajstić information content (AvgIpc) is 2.96. The number of nitro groups is 1. The van der Waals surface area contributed by atoms with E-state index in [0.29, 0.717) is 16.2 Å². The molecule has 1 atom stereocenters. The molecule has 1 saturated heterocycles. The van der Waals surface area contributed by atoms with E-state index in [2.05, 4.69) is 0 Å². The van der Waals surface area contributed by atoms with Crippen LogP contribution in [0.3, 0.4) is 0 Å². The van der Waals surface area contributed by atoms with Gasteiger partial charge < -0.3 is 4.74 Å². The number of β-lactam (4-membered cyclic amide) rings is 1. The number of thioether (sulfide) groups is 2. The SMILES string of the molecule is O=C(CSC1=C(C(=O)OCc2ccc([N+](=O)[O-])cc2)N2C(=O)C[C@H]2S1)NO. The monoisotopic (exact) mass is 411 g/mol. The number of rotatable bonds is 7. The van der Waals surface area contributed by atoms with Crippen LogP contribution in [0, 0.1) is 10.1 Å². The van der Waals surface area contributed by atoms with Gasteiger partial charge in [-0.05, 0) is 17.7 Å². The lowest BCUT2D eigenvalue weighted by atomic mass is 10.2. The van der Waals surface area contributed by atoms with Crippen LogP contribution in [0.4, 0.5) is 5.69 Å². The Morgan fingerprint density at radius 2 is 2.11 bits per heavy atom. The van der Waals surface area contributed by atoms with Crippen LogP contribution in [0.25, 0.3) is 0 Å². The number of amides is 2. The third-order valence-corrected chi connectivity index (χ3v) is 6.31. The molecule has 2 N–H and O–H groups in total. The molecule has 1 aromatic rings. The third-order valence-electron chi connectivity index (χ3n) is 3.75. The number of non-ortho nitro benzene ring substituents is 1. The number of fused-ring (bicyclic) bond motifs is 1. The summed E-state index contributed by atoms with van der Waals surface area (Å²) >= 11 is 2.32. The Balaban J connectivity index is 1.68. The zero-order valence-electron chi connectivity index (χ0n) is 13.6. The lowest BCUT2D eigenvalue weighted by Crippen LogP contribution is -2.48. The first-order valence-corrected chi connectivity index (χ1v) is 9.46. The highest BCUT2D eigenvalue weighted by atomic mass is 32.2. The van der Waals surface area contributed by atoms with Gasteiger partial charge in [-0.3, -0.25) is 29.8 Å². The van der Waals surface area contributed by atoms with Gasteiger partial charge in [0.15, 0.2) is 5.70 Å². The van der Waals surface area contributed by atoms with E-state index in [0.717, 1.165) is 11.8 Å². The molecule has 2 aliphatic heterocycles. The quantitative estimate of drug-likeness (QED) is 0.224. The van der Waals surface area contributed by atoms with Gasteiger partial charge in [0.25, 0.3) is 11.6 Å². The molecule has 27 heavy (non-hydrogen) atoms. The van der Waals surface area contributed by atoms with Crippen molar-refractivity contribution in [1.29, 1.82) is 0 Å². The van der Waals surface area contributed by atoms with Crippen molar-refractivity contribution < 1.29 is 29.3 Å². The van der Waals surface area contributed by atoms with Crippen LogP contribution >= 0.6 is 23.5 Å². The van der Waals surface area contributed by atoms with Crippen molar-refractivity contribution in [1.82, 2.24) is 10.4 Å². The molecule has 0 saturated carbocycles. The number of hydrogen-bond donors (Lipinski definition) is 2. The molecule has 0 bridgehead atoms. The minimum Gasteiger partial charge on any atom is -0.456 e. The van der Waals surface area contributed by atoms with Gasteiger partial charge in [-0.25, -0.2) is 10.3 Å². The van der Waals surface area contributed by atoms with Gasteiger partial charge in [-0.2, -0.15) is 0 Å². The number of ether oxygens (including phenoxy) is 1. The summed E-state index contributed by atoms with van der Waals surface area (Å²) < 4.78 is 5.71. The number of hydroxylamine groups is 1. The van der Waals surface area contributed by atoms with Gasteiger partial charge in [0, 0.05) is 12.1 Å². The molecule has 1 fully saturated rings. The van der Waals surface area contributed by atoms with E-state index >= 15 is 0 Å². The molecule has 0 spiro atoms. The molecule has 0 aromatic heterocycles. The fraction of sp³-hybridized carbons (Fsp3) is 0.267. The van der Waals surface area contributed by atoms with Crippen molar-refractivity contribution in [2.24, 2.45) is 0 Å². The maximum Gasteiger partial charge on any atom is 0.357 e. The first-order chi connectivity index (χ1) is 12.9. The molecule has 10 nitrogen and oxygen atoms in total. The number of hydrogen-bond acceptors (Lipinski definition) is 9. The lowest BCUT2D eigenvalue weighted by molar-refractivity contribution is -0.384. The van der Waals surface area contributed by atoms with Crippen LogP contribution in [-0.2, 0) is 25.7 Å². The van der Waals surface area contributed by atoms with Crippen molar-refractivity contribution in [2.45, 2.75) is 18.4 Å². The molecule has 1 aromatic carbocycles. The van der Waals surface area contributed by atoms with Crippen LogP contribution in [-0.4, -0.2) is 43.9 Å². The minimum atomic E-state index is -0.719. The second-order valence-corrected chi connectivity index (χ2v) is 7.93. The number of nitrogens with one attached hydrogen (secondary N) is 1. The van der Waals surface area contributed by atoms with Crippen molar-refractivity contribution in [2.75, 3.05) is 5.75 Å². The summed E-state index contributed by atoms with van der Waals surface area (Å²) in [6.07, 6.45) is 0.292. The molecule has 0 unspecified atom stereocenters. The highest BCUT2D eigenvalue weighted by Gasteiger charge is 2.49. The second kappa shape index (κ2) is 7.98. The molecule has 2 heterocycles. The van der Waals surface area contributed by atoms with Gasteiger partial charge in [-0.1, -0.05) is 11.8 Å². The van der Waals surface area contributed by atoms with Gasteiger partial charge in [0.05, 0.1) is 26.7 Å². The maximum absolute atomic E-state index is 12.5. The molecule has 0 aliphatic carbocycles. The predicted octanol–water partition coefficient (Wildman–Crippen LogP) is 1.35. The Morgan fingerprint density at radius 1 is 1.41 bits per heavy atom. The second-order valence-electron chi connectivity index (χ2n) is 5.50. The molecular weight excluding hydrogens is 398 g/mol. The standard InChI is InChI=1S/C15H13N3O7S2/c19-10(16-22)7-26-15-13(17-11(20)5-12(17)27-15)14(21)25-6-8-1-3-9(4-2-8)18(23)24/h1-4,12,22H,5-7H2,(H,16,19)/t12-/m1/s1. The number of benzene rings is 1. The van der Waals surface area contributed by atoms with E-state index in [9.17, 15) is 24.5 Å². The highest BCUT2D eigenvalue weighted by molar-refractivity contribution is 8.23. The topological polar surface area (TPSA) is 139 Å². The summed E-state index contributed by atoms with van der Waals surface area (Å²) in [6, 6.07) is 5.55. The average molecular weight is 411 g/mol. The summed E-state index contributed by atoms with van der Waals surface area (Å²) in [6.45, 7) is -0.118. The van der Waals surface area contributed by atoms with Crippen LogP contribution in [0.15, 0.2) is 34.2 Å². The molecule has 2 amide bonds. The Morgan fingerprint density at radius 3 is 2.70 bits per heavy atom. The van der Waals surface area contributed by atoms with Crippen LogP contribution < -0.4 is 5.48 Å². The van der Waals surface area contributed by atoms with Gasteiger partial charge in [0.1, 0.15) is 6.61 Å². The van der Waals surface area contributed by atoms with Crippen LogP contribution in [0.2, 0.25) is 0 Å². The number of nitrogens with zero attached hydrogens (tertiary/aromatic N) is 2. The van der Waals surface area contributed by atoms with Crippen molar-refractivity contribution >= 4 is 47.0 Å². The predicted molar refractivity (Wildman–Crippen MR) is 95.1 cm³/mol. The first-order valence-electron chi connectivity index (χ1n) is 7.60. The van der Waals surface area contributed by atoms with Crippen molar-refractivity contribution in [3.63, 3.8) is 0 Å². The third kappa shape index (κ3) is 4.07. The Labute approximate surface area is 161 Å². The molecule has 12 heteroatoms. The molecule has 2 aliphatic rings. The van der Waals surface area contributed by atoms with Crippen molar-refractivity contribution in [3.8, 4) is 0 Å². The van der Waals surface area contributed by atoms with Gasteiger partial charge >= 0.3 is 5.97 Å². The lowest BCUT2D eigenvalue weighted by Gasteiger charge is -2.34. The molecule has 0 radical (unpaired) electrons. The maximum atomic E-state index is 12.5. The van der Waals surface area contributed by atoms with E-state index in [1.54, 1.807) is 0 Å². The normalized spacial score (nSPS) is 18.0. The number of nitro benzene ring substituents is 1. The van der Waals surface area contributed by atoms with E-state index in [-0.39, 0.29) is 35.0 Å². The van der Waals surface area contributed by atoms with Crippen LogP contribution in [0.1, 0.15) is 12.0 Å². The fourth-order valence-electron chi connectivity index (χ4n) is 2.41. The Hall–Kier alpha value is -2.57. The largest absolute Gasteiger partial charge is 0.456 e. The summed E-state index contributed by atoms with van der Waals surface area (Å²) in [4.78, 5) is 47.0. The molecule has 142 valence electrons. The van der Waals surface area contributed by atoms with E-state index < -0.39 is 16.8 Å². The van der Waals surface area contributed by atoms with E-state index in [1.807, 2.05) is 0 Å². The first kappa shape index (κ1) is 19.2. The summed E-state index contributed by atoms with van der Waals surface area (Å²) in [5, 5.41) is 19.0. The Kier molecular flexibility index (Phi) is 5.68. The zero-order valence-corrected chi connectivity index (χ0v) is 15.2. The highest BCUT2D eigenvalue weighted by Crippen LogP contribution is 2.50. The number of carbonyl (C=O) groups is 3.